The molecule has 2 aromatic heterocycles. The first-order valence-corrected chi connectivity index (χ1v) is 14.2. The van der Waals surface area contributed by atoms with Crippen LogP contribution in [0.3, 0.4) is 0 Å². The zero-order chi connectivity index (χ0) is 38.6. The van der Waals surface area contributed by atoms with Gasteiger partial charge < -0.3 is 9.13 Å². The Bertz CT molecular complexity index is 3070. The molecule has 0 atom stereocenters. The molecule has 2 heteroatoms. The largest absolute Gasteiger partial charge is 0.309 e. The SMILES string of the molecule is [2H]c1ccc(-c2cc([2H])c(-n3c4c([2H])cc([2H])c([2H])c4c4c([2H])c5c6c([2H])c([2H])cc([2H])c6n(-c6cccc(-c7ccccc7)c6)c5c([2H])c43)c([2H])c2)cc1. The van der Waals surface area contributed by atoms with Gasteiger partial charge in [0.15, 0.2) is 0 Å². The van der Waals surface area contributed by atoms with Crippen LogP contribution < -0.4 is 0 Å². The standard InChI is InChI=1S/C42H28N2/c1-3-12-29(13-4-1)31-22-24-33(25-23-31)43-39-20-9-7-18-35(39)37-27-38-36-19-8-10-21-40(36)44(42(38)28-41(37)43)34-17-11-16-32(26-34)30-14-5-2-6-15-30/h1-28H/i1D,7D,8D,18D,19D,20D,21D,24D,25D,27D,28D. The molecule has 0 aliphatic heterocycles. The third-order valence-electron chi connectivity index (χ3n) is 8.00. The van der Waals surface area contributed by atoms with Gasteiger partial charge in [-0.1, -0.05) is 121 Å². The van der Waals surface area contributed by atoms with Gasteiger partial charge in [-0.05, 0) is 70.6 Å². The van der Waals surface area contributed by atoms with Crippen molar-refractivity contribution in [1.29, 1.82) is 0 Å². The predicted octanol–water partition coefficient (Wildman–Crippen LogP) is 11.2. The summed E-state index contributed by atoms with van der Waals surface area (Å²) in [6.45, 7) is 0. The van der Waals surface area contributed by atoms with Gasteiger partial charge in [-0.2, -0.15) is 0 Å². The lowest BCUT2D eigenvalue weighted by Gasteiger charge is -2.12. The van der Waals surface area contributed by atoms with Crippen molar-refractivity contribution in [1.82, 2.24) is 9.13 Å². The lowest BCUT2D eigenvalue weighted by atomic mass is 10.1. The van der Waals surface area contributed by atoms with E-state index in [0.717, 1.165) is 11.1 Å². The summed E-state index contributed by atoms with van der Waals surface area (Å²) in [6.07, 6.45) is 0. The summed E-state index contributed by atoms with van der Waals surface area (Å²) in [4.78, 5) is 0. The fourth-order valence-electron chi connectivity index (χ4n) is 5.99. The molecule has 0 radical (unpaired) electrons. The molecule has 0 saturated heterocycles. The van der Waals surface area contributed by atoms with Crippen LogP contribution in [0, 0.1) is 0 Å². The lowest BCUT2D eigenvalue weighted by Crippen LogP contribution is -1.96. The molecule has 206 valence electrons. The summed E-state index contributed by atoms with van der Waals surface area (Å²) in [5.74, 6) is 0. The number of hydrogen-bond donors (Lipinski definition) is 0. The maximum atomic E-state index is 10.0. The highest BCUT2D eigenvalue weighted by atomic mass is 15.0. The third-order valence-corrected chi connectivity index (χ3v) is 8.00. The molecule has 2 heterocycles. The first-order valence-electron chi connectivity index (χ1n) is 19.7. The summed E-state index contributed by atoms with van der Waals surface area (Å²) in [5.41, 5.74) is 3.96. The van der Waals surface area contributed by atoms with E-state index in [1.54, 1.807) is 47.0 Å². The van der Waals surface area contributed by atoms with E-state index in [2.05, 4.69) is 0 Å². The number of aromatic nitrogens is 2. The van der Waals surface area contributed by atoms with Gasteiger partial charge in [-0.3, -0.25) is 0 Å². The van der Waals surface area contributed by atoms with Gasteiger partial charge in [0.05, 0.1) is 37.1 Å². The van der Waals surface area contributed by atoms with E-state index >= 15 is 0 Å². The Kier molecular flexibility index (Phi) is 3.61. The molecule has 2 nitrogen and oxygen atoms in total. The van der Waals surface area contributed by atoms with Crippen LogP contribution in [0.1, 0.15) is 15.1 Å². The Labute approximate surface area is 271 Å². The highest BCUT2D eigenvalue weighted by Crippen LogP contribution is 2.40. The van der Waals surface area contributed by atoms with E-state index < -0.39 is 0 Å². The highest BCUT2D eigenvalue weighted by molar-refractivity contribution is 6.19. The van der Waals surface area contributed by atoms with Crippen molar-refractivity contribution in [2.75, 3.05) is 0 Å². The van der Waals surface area contributed by atoms with Crippen molar-refractivity contribution in [3.8, 4) is 33.6 Å². The van der Waals surface area contributed by atoms with Gasteiger partial charge in [0, 0.05) is 32.9 Å². The van der Waals surface area contributed by atoms with Gasteiger partial charge >= 0.3 is 0 Å². The van der Waals surface area contributed by atoms with E-state index in [-0.39, 0.29) is 110 Å². The Balaban J connectivity index is 1.49. The highest BCUT2D eigenvalue weighted by Gasteiger charge is 2.18. The van der Waals surface area contributed by atoms with Crippen molar-refractivity contribution in [3.05, 3.63) is 170 Å². The average Bonchev–Trinajstić information content (AvgIpc) is 3.72. The number of rotatable bonds is 4. The lowest BCUT2D eigenvalue weighted by molar-refractivity contribution is 1.16. The zero-order valence-electron chi connectivity index (χ0n) is 34.2. The zero-order valence-corrected chi connectivity index (χ0v) is 23.2. The van der Waals surface area contributed by atoms with Gasteiger partial charge in [0.2, 0.25) is 0 Å². The van der Waals surface area contributed by atoms with Gasteiger partial charge in [-0.25, -0.2) is 0 Å². The second-order valence-corrected chi connectivity index (χ2v) is 10.5. The van der Waals surface area contributed by atoms with E-state index in [1.807, 2.05) is 48.5 Å². The molecule has 9 rings (SSSR count). The van der Waals surface area contributed by atoms with Crippen LogP contribution in [0.4, 0.5) is 0 Å². The Hall–Kier alpha value is -5.86. The number of hydrogen-bond acceptors (Lipinski definition) is 0. The molecule has 7 aromatic carbocycles. The van der Waals surface area contributed by atoms with E-state index in [1.165, 1.54) is 16.7 Å². The monoisotopic (exact) mass is 571 g/mol. The molecule has 0 bridgehead atoms. The Morgan fingerprint density at radius 2 is 0.932 bits per heavy atom. The number of benzene rings is 7. The topological polar surface area (TPSA) is 9.86 Å². The molecule has 0 fully saturated rings. The minimum Gasteiger partial charge on any atom is -0.309 e. The van der Waals surface area contributed by atoms with Crippen molar-refractivity contribution in [3.63, 3.8) is 0 Å². The first kappa shape index (κ1) is 16.1. The summed E-state index contributed by atoms with van der Waals surface area (Å²) >= 11 is 0. The van der Waals surface area contributed by atoms with Crippen LogP contribution in [0.15, 0.2) is 170 Å². The molecule has 0 spiro atoms. The molecule has 44 heavy (non-hydrogen) atoms. The number of nitrogens with zero attached hydrogens (tertiary/aromatic N) is 2. The Morgan fingerprint density at radius 1 is 0.364 bits per heavy atom. The van der Waals surface area contributed by atoms with Gasteiger partial charge in [0.1, 0.15) is 0 Å². The molecule has 0 amide bonds. The molecule has 0 aliphatic rings. The maximum Gasteiger partial charge on any atom is 0.0668 e. The number of para-hydroxylation sites is 2. The molecule has 0 saturated carbocycles. The van der Waals surface area contributed by atoms with Crippen molar-refractivity contribution < 1.29 is 15.1 Å². The minimum atomic E-state index is -0.306. The fourth-order valence-corrected chi connectivity index (χ4v) is 5.99. The van der Waals surface area contributed by atoms with Crippen molar-refractivity contribution >= 4 is 43.6 Å². The predicted molar refractivity (Wildman–Crippen MR) is 186 cm³/mol. The summed E-state index contributed by atoms with van der Waals surface area (Å²) < 4.78 is 103. The van der Waals surface area contributed by atoms with Crippen LogP contribution in [0.5, 0.6) is 0 Å². The molecule has 0 unspecified atom stereocenters. The first-order chi connectivity index (χ1) is 26.4. The van der Waals surface area contributed by atoms with Crippen LogP contribution >= 0.6 is 0 Å². The summed E-state index contributed by atoms with van der Waals surface area (Å²) in [6, 6.07) is 27.6. The third kappa shape index (κ3) is 3.82. The van der Waals surface area contributed by atoms with Gasteiger partial charge in [-0.15, -0.1) is 0 Å². The van der Waals surface area contributed by atoms with Crippen LogP contribution in [-0.2, 0) is 0 Å². The van der Waals surface area contributed by atoms with E-state index in [9.17, 15) is 5.48 Å². The van der Waals surface area contributed by atoms with Crippen LogP contribution in [0.25, 0.3) is 77.2 Å². The molecular weight excluding hydrogens is 532 g/mol. The van der Waals surface area contributed by atoms with Gasteiger partial charge in [0.25, 0.3) is 0 Å². The normalized spacial score (nSPS) is 15.1. The smallest absolute Gasteiger partial charge is 0.0668 e. The molecular formula is C42H28N2. The maximum absolute atomic E-state index is 10.0. The summed E-state index contributed by atoms with van der Waals surface area (Å²) in [7, 11) is 0. The molecule has 9 aromatic rings. The van der Waals surface area contributed by atoms with E-state index in [4.69, 9.17) is 9.60 Å². The van der Waals surface area contributed by atoms with Crippen LogP contribution in [-0.4, -0.2) is 9.13 Å². The molecule has 0 aliphatic carbocycles. The number of fused-ring (bicyclic) bond motifs is 6. The average molecular weight is 572 g/mol. The van der Waals surface area contributed by atoms with E-state index in [0.29, 0.717) is 22.9 Å². The van der Waals surface area contributed by atoms with Crippen molar-refractivity contribution in [2.24, 2.45) is 0 Å². The van der Waals surface area contributed by atoms with Crippen LogP contribution in [0.2, 0.25) is 0 Å². The molecule has 0 N–H and O–H groups in total. The summed E-state index contributed by atoms with van der Waals surface area (Å²) in [5, 5.41) is 0.279. The second kappa shape index (κ2) is 9.86. The van der Waals surface area contributed by atoms with Crippen molar-refractivity contribution in [2.45, 2.75) is 0 Å². The quantitative estimate of drug-likeness (QED) is 0.199. The Morgan fingerprint density at radius 3 is 1.61 bits per heavy atom. The second-order valence-electron chi connectivity index (χ2n) is 10.5. The fraction of sp³-hybridized carbons (Fsp3) is 0. The minimum absolute atomic E-state index is 0.00304.